The standard InChI is InChI=1S/C8H10N4O3/c1-11-4-5(10-8(11)15-3)9-7(14)12(2)6(4)13/h1-3H3,(H,9,14). The van der Waals surface area contributed by atoms with Gasteiger partial charge < -0.3 is 4.74 Å². The molecule has 0 aliphatic heterocycles. The highest BCUT2D eigenvalue weighted by atomic mass is 16.5. The summed E-state index contributed by atoms with van der Waals surface area (Å²) in [5.41, 5.74) is -0.336. The monoisotopic (exact) mass is 210 g/mol. The summed E-state index contributed by atoms with van der Waals surface area (Å²) in [6.45, 7) is 0. The van der Waals surface area contributed by atoms with E-state index in [9.17, 15) is 9.59 Å². The average Bonchev–Trinajstić information content (AvgIpc) is 2.52. The lowest BCUT2D eigenvalue weighted by Crippen LogP contribution is -2.33. The molecule has 0 fully saturated rings. The zero-order valence-electron chi connectivity index (χ0n) is 8.57. The molecule has 0 bridgehead atoms. The predicted octanol–water partition coefficient (Wildman–Crippen LogP) is -1.03. The van der Waals surface area contributed by atoms with Gasteiger partial charge in [-0.1, -0.05) is 0 Å². The van der Waals surface area contributed by atoms with Crippen LogP contribution in [0.2, 0.25) is 0 Å². The third-order valence-corrected chi connectivity index (χ3v) is 2.27. The Bertz CT molecular complexity index is 634. The predicted molar refractivity (Wildman–Crippen MR) is 53.1 cm³/mol. The molecule has 2 rings (SSSR count). The van der Waals surface area contributed by atoms with Crippen LogP contribution in [0.4, 0.5) is 0 Å². The van der Waals surface area contributed by atoms with Crippen LogP contribution in [0.15, 0.2) is 9.59 Å². The van der Waals surface area contributed by atoms with Gasteiger partial charge in [-0.25, -0.2) is 4.79 Å². The number of ether oxygens (including phenoxy) is 1. The van der Waals surface area contributed by atoms with Crippen LogP contribution in [0, 0.1) is 0 Å². The Morgan fingerprint density at radius 2 is 1.93 bits per heavy atom. The molecule has 0 aromatic carbocycles. The second-order valence-corrected chi connectivity index (χ2v) is 3.15. The number of H-pyrrole nitrogens is 1. The molecule has 0 saturated heterocycles. The molecule has 7 heteroatoms. The molecule has 0 saturated carbocycles. The SMILES string of the molecule is COc1nc2[nH]c(=O)n(C)c(=O)c2n1C. The van der Waals surface area contributed by atoms with Gasteiger partial charge in [-0.3, -0.25) is 18.9 Å². The maximum Gasteiger partial charge on any atom is 0.329 e. The Labute approximate surface area is 83.9 Å². The van der Waals surface area contributed by atoms with Crippen LogP contribution in [-0.4, -0.2) is 26.2 Å². The number of aryl methyl sites for hydroxylation is 1. The third kappa shape index (κ3) is 1.16. The van der Waals surface area contributed by atoms with E-state index < -0.39 is 11.2 Å². The van der Waals surface area contributed by atoms with Crippen molar-refractivity contribution in [3.63, 3.8) is 0 Å². The van der Waals surface area contributed by atoms with Gasteiger partial charge in [-0.2, -0.15) is 4.98 Å². The molecule has 2 aromatic heterocycles. The van der Waals surface area contributed by atoms with Crippen LogP contribution in [-0.2, 0) is 14.1 Å². The third-order valence-electron chi connectivity index (χ3n) is 2.27. The van der Waals surface area contributed by atoms with Crippen LogP contribution in [0.1, 0.15) is 0 Å². The highest BCUT2D eigenvalue weighted by Gasteiger charge is 2.13. The molecule has 15 heavy (non-hydrogen) atoms. The summed E-state index contributed by atoms with van der Waals surface area (Å²) in [6.07, 6.45) is 0. The summed E-state index contributed by atoms with van der Waals surface area (Å²) >= 11 is 0. The number of hydrogen-bond acceptors (Lipinski definition) is 4. The molecular weight excluding hydrogens is 200 g/mol. The lowest BCUT2D eigenvalue weighted by Gasteiger charge is -1.98. The number of fused-ring (bicyclic) bond motifs is 1. The first-order chi connectivity index (χ1) is 7.06. The number of imidazole rings is 1. The van der Waals surface area contributed by atoms with Gasteiger partial charge in [-0.05, 0) is 0 Å². The number of rotatable bonds is 1. The summed E-state index contributed by atoms with van der Waals surface area (Å²) in [7, 11) is 4.50. The Morgan fingerprint density at radius 1 is 1.27 bits per heavy atom. The fraction of sp³-hybridized carbons (Fsp3) is 0.375. The van der Waals surface area contributed by atoms with E-state index in [1.54, 1.807) is 7.05 Å². The molecule has 2 aromatic rings. The molecule has 1 N–H and O–H groups in total. The van der Waals surface area contributed by atoms with Crippen LogP contribution < -0.4 is 16.0 Å². The summed E-state index contributed by atoms with van der Waals surface area (Å²) in [4.78, 5) is 29.5. The molecular formula is C8H10N4O3. The first-order valence-electron chi connectivity index (χ1n) is 4.26. The van der Waals surface area contributed by atoms with Crippen molar-refractivity contribution in [2.24, 2.45) is 14.1 Å². The van der Waals surface area contributed by atoms with Crippen molar-refractivity contribution in [3.05, 3.63) is 20.8 Å². The van der Waals surface area contributed by atoms with Crippen LogP contribution in [0.3, 0.4) is 0 Å². The Morgan fingerprint density at radius 3 is 2.53 bits per heavy atom. The van der Waals surface area contributed by atoms with E-state index in [0.717, 1.165) is 4.57 Å². The molecule has 0 atom stereocenters. The summed E-state index contributed by atoms with van der Waals surface area (Å²) < 4.78 is 7.43. The number of nitrogens with one attached hydrogen (secondary N) is 1. The van der Waals surface area contributed by atoms with Gasteiger partial charge in [0.1, 0.15) is 0 Å². The smallest absolute Gasteiger partial charge is 0.329 e. The van der Waals surface area contributed by atoms with E-state index in [2.05, 4.69) is 9.97 Å². The lowest BCUT2D eigenvalue weighted by molar-refractivity contribution is 0.368. The van der Waals surface area contributed by atoms with E-state index >= 15 is 0 Å². The van der Waals surface area contributed by atoms with Crippen molar-refractivity contribution < 1.29 is 4.74 Å². The molecule has 7 nitrogen and oxygen atoms in total. The second-order valence-electron chi connectivity index (χ2n) is 3.15. The first kappa shape index (κ1) is 9.50. The number of aromatic amines is 1. The maximum atomic E-state index is 11.7. The summed E-state index contributed by atoms with van der Waals surface area (Å²) in [5, 5.41) is 0. The Balaban J connectivity index is 3.04. The molecule has 80 valence electrons. The van der Waals surface area contributed by atoms with Crippen LogP contribution in [0.5, 0.6) is 6.01 Å². The van der Waals surface area contributed by atoms with E-state index in [0.29, 0.717) is 5.52 Å². The number of aromatic nitrogens is 4. The number of nitrogens with zero attached hydrogens (tertiary/aromatic N) is 3. The van der Waals surface area contributed by atoms with Crippen molar-refractivity contribution in [1.82, 2.24) is 19.1 Å². The molecule has 2 heterocycles. The summed E-state index contributed by atoms with van der Waals surface area (Å²) in [5.74, 6) is 0. The first-order valence-corrected chi connectivity index (χ1v) is 4.26. The largest absolute Gasteiger partial charge is 0.468 e. The molecule has 0 radical (unpaired) electrons. The van der Waals surface area contributed by atoms with E-state index in [4.69, 9.17) is 4.74 Å². The number of hydrogen-bond donors (Lipinski definition) is 1. The minimum absolute atomic E-state index is 0.238. The zero-order chi connectivity index (χ0) is 11.2. The Hall–Kier alpha value is -2.05. The van der Waals surface area contributed by atoms with Crippen molar-refractivity contribution in [2.75, 3.05) is 7.11 Å². The van der Waals surface area contributed by atoms with Gasteiger partial charge in [-0.15, -0.1) is 0 Å². The highest BCUT2D eigenvalue weighted by molar-refractivity contribution is 5.70. The fourth-order valence-corrected chi connectivity index (χ4v) is 1.43. The van der Waals surface area contributed by atoms with E-state index in [1.807, 2.05) is 0 Å². The summed E-state index contributed by atoms with van der Waals surface area (Å²) in [6, 6.07) is 0.281. The van der Waals surface area contributed by atoms with Gasteiger partial charge in [0.15, 0.2) is 11.2 Å². The van der Waals surface area contributed by atoms with Crippen molar-refractivity contribution >= 4 is 11.2 Å². The van der Waals surface area contributed by atoms with Gasteiger partial charge in [0, 0.05) is 14.1 Å². The molecule has 0 spiro atoms. The van der Waals surface area contributed by atoms with E-state index in [1.165, 1.54) is 18.7 Å². The minimum atomic E-state index is -0.492. The zero-order valence-corrected chi connectivity index (χ0v) is 8.57. The van der Waals surface area contributed by atoms with Crippen LogP contribution in [0.25, 0.3) is 11.2 Å². The van der Waals surface area contributed by atoms with Gasteiger partial charge in [0.05, 0.1) is 7.11 Å². The average molecular weight is 210 g/mol. The van der Waals surface area contributed by atoms with Gasteiger partial charge in [0.25, 0.3) is 11.6 Å². The minimum Gasteiger partial charge on any atom is -0.468 e. The lowest BCUT2D eigenvalue weighted by atomic mass is 10.5. The van der Waals surface area contributed by atoms with Crippen molar-refractivity contribution in [1.29, 1.82) is 0 Å². The maximum absolute atomic E-state index is 11.7. The van der Waals surface area contributed by atoms with Crippen molar-refractivity contribution in [2.45, 2.75) is 0 Å². The van der Waals surface area contributed by atoms with Gasteiger partial charge >= 0.3 is 5.69 Å². The second kappa shape index (κ2) is 2.97. The van der Waals surface area contributed by atoms with Crippen LogP contribution >= 0.6 is 0 Å². The quantitative estimate of drug-likeness (QED) is 0.652. The molecule has 0 unspecified atom stereocenters. The molecule has 0 aliphatic carbocycles. The van der Waals surface area contributed by atoms with Gasteiger partial charge in [0.2, 0.25) is 0 Å². The topological polar surface area (TPSA) is 81.9 Å². The normalized spacial score (nSPS) is 10.9. The molecule has 0 amide bonds. The Kier molecular flexibility index (Phi) is 1.88. The van der Waals surface area contributed by atoms with Crippen molar-refractivity contribution in [3.8, 4) is 6.01 Å². The van der Waals surface area contributed by atoms with E-state index in [-0.39, 0.29) is 11.7 Å². The highest BCUT2D eigenvalue weighted by Crippen LogP contribution is 2.12. The number of methoxy groups -OCH3 is 1. The molecule has 0 aliphatic rings. The fourth-order valence-electron chi connectivity index (χ4n) is 1.43.